The number of nitrogens with two attached hydrogens (primary N) is 1. The van der Waals surface area contributed by atoms with E-state index < -0.39 is 23.5 Å². The van der Waals surface area contributed by atoms with Crippen LogP contribution in [-0.4, -0.2) is 26.5 Å². The maximum atomic E-state index is 12.4. The molecule has 1 unspecified atom stereocenters. The minimum atomic E-state index is -1.10. The van der Waals surface area contributed by atoms with E-state index in [0.29, 0.717) is 10.4 Å². The summed E-state index contributed by atoms with van der Waals surface area (Å²) in [7, 11) is 0. The highest BCUT2D eigenvalue weighted by Gasteiger charge is 2.23. The van der Waals surface area contributed by atoms with Gasteiger partial charge in [-0.25, -0.2) is 9.78 Å². The molecule has 8 heteroatoms. The van der Waals surface area contributed by atoms with Gasteiger partial charge in [-0.2, -0.15) is 0 Å². The van der Waals surface area contributed by atoms with Crippen molar-refractivity contribution in [1.29, 1.82) is 0 Å². The lowest BCUT2D eigenvalue weighted by molar-refractivity contribution is -0.141. The van der Waals surface area contributed by atoms with E-state index in [-0.39, 0.29) is 16.7 Å². The molecule has 0 fully saturated rings. The van der Waals surface area contributed by atoms with Gasteiger partial charge in [0, 0.05) is 0 Å². The number of carboxylic acid groups (broad SMARTS) is 1. The minimum absolute atomic E-state index is 0.256. The second-order valence-electron chi connectivity index (χ2n) is 4.32. The van der Waals surface area contributed by atoms with Crippen molar-refractivity contribution >= 4 is 33.4 Å². The lowest BCUT2D eigenvalue weighted by Gasteiger charge is -2.12. The van der Waals surface area contributed by atoms with Gasteiger partial charge in [0.1, 0.15) is 10.9 Å². The number of carboxylic acids is 1. The molecule has 3 N–H and O–H groups in total. The van der Waals surface area contributed by atoms with E-state index in [2.05, 4.69) is 4.98 Å². The molecule has 106 valence electrons. The number of rotatable bonds is 4. The van der Waals surface area contributed by atoms with Crippen LogP contribution in [0.4, 0.5) is 0 Å². The Hall–Kier alpha value is -2.22. The van der Waals surface area contributed by atoms with Gasteiger partial charge < -0.3 is 10.8 Å². The van der Waals surface area contributed by atoms with Crippen LogP contribution in [-0.2, 0) is 4.79 Å². The van der Waals surface area contributed by atoms with E-state index in [9.17, 15) is 14.4 Å². The summed E-state index contributed by atoms with van der Waals surface area (Å²) in [5.41, 5.74) is 5.22. The molecule has 2 rings (SSSR count). The van der Waals surface area contributed by atoms with Gasteiger partial charge in [0.15, 0.2) is 0 Å². The monoisotopic (exact) mass is 295 g/mol. The molecule has 2 aromatic heterocycles. The Balaban J connectivity index is 2.77. The standard InChI is InChI=1S/C12H13N3O4S/c1-3-6(12(18)19)15-4-14-10-7(11(15)17)5(2)8(20-10)9(13)16/h4,6H,3H2,1-2H3,(H2,13,16)(H,18,19). The summed E-state index contributed by atoms with van der Waals surface area (Å²) < 4.78 is 1.08. The van der Waals surface area contributed by atoms with Gasteiger partial charge >= 0.3 is 5.97 Å². The number of aryl methyl sites for hydroxylation is 1. The summed E-state index contributed by atoms with van der Waals surface area (Å²) in [6.45, 7) is 3.28. The predicted molar refractivity (Wildman–Crippen MR) is 74.1 cm³/mol. The quantitative estimate of drug-likeness (QED) is 0.869. The Kier molecular flexibility index (Phi) is 3.58. The van der Waals surface area contributed by atoms with Crippen LogP contribution in [0.2, 0.25) is 0 Å². The minimum Gasteiger partial charge on any atom is -0.480 e. The molecular weight excluding hydrogens is 282 g/mol. The third-order valence-electron chi connectivity index (χ3n) is 3.11. The lowest BCUT2D eigenvalue weighted by Crippen LogP contribution is -2.29. The molecule has 2 heterocycles. The van der Waals surface area contributed by atoms with Gasteiger partial charge in [-0.1, -0.05) is 6.92 Å². The summed E-state index contributed by atoms with van der Waals surface area (Å²) in [6, 6.07) is -0.976. The molecular formula is C12H13N3O4S. The molecule has 0 saturated heterocycles. The van der Waals surface area contributed by atoms with E-state index in [4.69, 9.17) is 10.8 Å². The van der Waals surface area contributed by atoms with Gasteiger partial charge in [0.2, 0.25) is 0 Å². The molecule has 1 amide bonds. The lowest BCUT2D eigenvalue weighted by atomic mass is 10.2. The van der Waals surface area contributed by atoms with Crippen LogP contribution < -0.4 is 11.3 Å². The number of hydrogen-bond acceptors (Lipinski definition) is 5. The summed E-state index contributed by atoms with van der Waals surface area (Å²) in [4.78, 5) is 39.6. The maximum absolute atomic E-state index is 12.4. The first-order valence-electron chi connectivity index (χ1n) is 5.91. The van der Waals surface area contributed by atoms with Gasteiger partial charge in [-0.3, -0.25) is 14.2 Å². The third-order valence-corrected chi connectivity index (χ3v) is 4.32. The summed E-state index contributed by atoms with van der Waals surface area (Å²) >= 11 is 1.04. The van der Waals surface area contributed by atoms with Crippen molar-refractivity contribution in [2.75, 3.05) is 0 Å². The molecule has 0 aliphatic carbocycles. The molecule has 0 spiro atoms. The van der Waals surface area contributed by atoms with Crippen LogP contribution >= 0.6 is 11.3 Å². The van der Waals surface area contributed by atoms with Gasteiger partial charge in [0.25, 0.3) is 11.5 Å². The van der Waals surface area contributed by atoms with Crippen molar-refractivity contribution in [3.05, 3.63) is 27.1 Å². The number of hydrogen-bond donors (Lipinski definition) is 2. The second-order valence-corrected chi connectivity index (χ2v) is 5.32. The van der Waals surface area contributed by atoms with E-state index in [1.165, 1.54) is 6.33 Å². The fourth-order valence-corrected chi connectivity index (χ4v) is 3.08. The zero-order valence-corrected chi connectivity index (χ0v) is 11.7. The fourth-order valence-electron chi connectivity index (χ4n) is 2.08. The number of fused-ring (bicyclic) bond motifs is 1. The smallest absolute Gasteiger partial charge is 0.326 e. The van der Waals surface area contributed by atoms with Crippen LogP contribution in [0.3, 0.4) is 0 Å². The largest absolute Gasteiger partial charge is 0.480 e. The van der Waals surface area contributed by atoms with Crippen molar-refractivity contribution in [3.8, 4) is 0 Å². The Bertz CT molecular complexity index is 762. The number of primary amides is 1. The molecule has 0 radical (unpaired) electrons. The predicted octanol–water partition coefficient (Wildman–Crippen LogP) is 0.901. The topological polar surface area (TPSA) is 115 Å². The van der Waals surface area contributed by atoms with Gasteiger partial charge in [0.05, 0.1) is 16.6 Å². The average Bonchev–Trinajstić information content (AvgIpc) is 2.71. The molecule has 7 nitrogen and oxygen atoms in total. The van der Waals surface area contributed by atoms with E-state index in [1.807, 2.05) is 0 Å². The van der Waals surface area contributed by atoms with Crippen molar-refractivity contribution in [2.45, 2.75) is 26.3 Å². The Morgan fingerprint density at radius 3 is 2.70 bits per heavy atom. The number of aromatic nitrogens is 2. The third kappa shape index (κ3) is 2.07. The molecule has 2 aromatic rings. The summed E-state index contributed by atoms with van der Waals surface area (Å²) in [5.74, 6) is -1.72. The number of thiophene rings is 1. The number of carbonyl (C=O) groups excluding carboxylic acids is 1. The van der Waals surface area contributed by atoms with Crippen LogP contribution in [0.5, 0.6) is 0 Å². The zero-order chi connectivity index (χ0) is 15.0. The highest BCUT2D eigenvalue weighted by Crippen LogP contribution is 2.26. The number of aliphatic carboxylic acids is 1. The van der Waals surface area contributed by atoms with Gasteiger partial charge in [-0.05, 0) is 18.9 Å². The SMILES string of the molecule is CCC(C(=O)O)n1cnc2sc(C(N)=O)c(C)c2c1=O. The molecule has 20 heavy (non-hydrogen) atoms. The van der Waals surface area contributed by atoms with E-state index >= 15 is 0 Å². The van der Waals surface area contributed by atoms with Crippen molar-refractivity contribution in [1.82, 2.24) is 9.55 Å². The van der Waals surface area contributed by atoms with Crippen LogP contribution in [0.25, 0.3) is 10.2 Å². The van der Waals surface area contributed by atoms with Crippen LogP contribution in [0, 0.1) is 6.92 Å². The first-order valence-corrected chi connectivity index (χ1v) is 6.73. The maximum Gasteiger partial charge on any atom is 0.326 e. The van der Waals surface area contributed by atoms with Crippen molar-refractivity contribution in [3.63, 3.8) is 0 Å². The highest BCUT2D eigenvalue weighted by molar-refractivity contribution is 7.20. The fraction of sp³-hybridized carbons (Fsp3) is 0.333. The summed E-state index contributed by atoms with van der Waals surface area (Å²) in [5, 5.41) is 9.38. The number of carbonyl (C=O) groups is 2. The highest BCUT2D eigenvalue weighted by atomic mass is 32.1. The zero-order valence-electron chi connectivity index (χ0n) is 10.9. The molecule has 0 aliphatic rings. The van der Waals surface area contributed by atoms with Crippen LogP contribution in [0.15, 0.2) is 11.1 Å². The molecule has 0 saturated carbocycles. The molecule has 0 aliphatic heterocycles. The Morgan fingerprint density at radius 2 is 2.20 bits per heavy atom. The van der Waals surface area contributed by atoms with Crippen molar-refractivity contribution in [2.24, 2.45) is 5.73 Å². The molecule has 0 aromatic carbocycles. The van der Waals surface area contributed by atoms with Crippen molar-refractivity contribution < 1.29 is 14.7 Å². The van der Waals surface area contributed by atoms with Gasteiger partial charge in [-0.15, -0.1) is 11.3 Å². The summed E-state index contributed by atoms with van der Waals surface area (Å²) in [6.07, 6.45) is 1.46. The molecule has 1 atom stereocenters. The van der Waals surface area contributed by atoms with Crippen LogP contribution in [0.1, 0.15) is 34.6 Å². The second kappa shape index (κ2) is 5.04. The average molecular weight is 295 g/mol. The number of nitrogens with zero attached hydrogens (tertiary/aromatic N) is 2. The first-order chi connectivity index (χ1) is 9.38. The normalized spacial score (nSPS) is 12.5. The Morgan fingerprint density at radius 1 is 1.55 bits per heavy atom. The van der Waals surface area contributed by atoms with E-state index in [1.54, 1.807) is 13.8 Å². The van der Waals surface area contributed by atoms with E-state index in [0.717, 1.165) is 15.9 Å². The Labute approximate surface area is 117 Å². The first kappa shape index (κ1) is 14.2. The number of amides is 1. The molecule has 0 bridgehead atoms.